The Morgan fingerprint density at radius 3 is 2.64 bits per heavy atom. The average Bonchev–Trinajstić information content (AvgIpc) is 3.01. The van der Waals surface area contributed by atoms with Crippen LogP contribution >= 0.6 is 11.3 Å². The summed E-state index contributed by atoms with van der Waals surface area (Å²) in [6, 6.07) is 9.95. The van der Waals surface area contributed by atoms with E-state index in [4.69, 9.17) is 4.74 Å². The number of thiophene rings is 1. The fourth-order valence-electron chi connectivity index (χ4n) is 2.36. The lowest BCUT2D eigenvalue weighted by molar-refractivity contribution is 0.101. The van der Waals surface area contributed by atoms with E-state index >= 15 is 0 Å². The number of hydrogen-bond donors (Lipinski definition) is 0. The zero-order valence-electron chi connectivity index (χ0n) is 13.5. The van der Waals surface area contributed by atoms with Crippen molar-refractivity contribution in [3.63, 3.8) is 0 Å². The molecule has 4 heteroatoms. The van der Waals surface area contributed by atoms with E-state index in [-0.39, 0.29) is 5.78 Å². The maximum atomic E-state index is 11.6. The molecular formula is C18H23NO2S. The first kappa shape index (κ1) is 16.7. The molecule has 0 atom stereocenters. The van der Waals surface area contributed by atoms with Crippen molar-refractivity contribution in [2.24, 2.45) is 0 Å². The van der Waals surface area contributed by atoms with Crippen molar-refractivity contribution in [2.75, 3.05) is 13.2 Å². The van der Waals surface area contributed by atoms with Gasteiger partial charge in [-0.25, -0.2) is 0 Å². The predicted molar refractivity (Wildman–Crippen MR) is 91.7 cm³/mol. The van der Waals surface area contributed by atoms with Gasteiger partial charge in [0.25, 0.3) is 0 Å². The van der Waals surface area contributed by atoms with Gasteiger partial charge in [-0.05, 0) is 50.0 Å². The molecule has 1 aromatic heterocycles. The van der Waals surface area contributed by atoms with Gasteiger partial charge in [0.1, 0.15) is 5.75 Å². The normalized spacial score (nSPS) is 10.9. The lowest BCUT2D eigenvalue weighted by Gasteiger charge is -2.21. The van der Waals surface area contributed by atoms with Crippen molar-refractivity contribution in [2.45, 2.75) is 33.9 Å². The fraction of sp³-hybridized carbons (Fsp3) is 0.389. The molecule has 0 aliphatic heterocycles. The molecule has 22 heavy (non-hydrogen) atoms. The Hall–Kier alpha value is -1.65. The highest BCUT2D eigenvalue weighted by Gasteiger charge is 2.12. The Morgan fingerprint density at radius 1 is 1.23 bits per heavy atom. The van der Waals surface area contributed by atoms with Crippen molar-refractivity contribution >= 4 is 17.1 Å². The highest BCUT2D eigenvalue weighted by molar-refractivity contribution is 7.09. The Bertz CT molecular complexity index is 608. The van der Waals surface area contributed by atoms with E-state index in [0.717, 1.165) is 36.5 Å². The molecular weight excluding hydrogens is 294 g/mol. The number of nitrogens with zero attached hydrogens (tertiary/aromatic N) is 1. The summed E-state index contributed by atoms with van der Waals surface area (Å²) in [5.74, 6) is 0.961. The summed E-state index contributed by atoms with van der Waals surface area (Å²) in [6.07, 6.45) is 0. The number of ether oxygens (including phenoxy) is 1. The summed E-state index contributed by atoms with van der Waals surface area (Å²) in [5.41, 5.74) is 1.82. The van der Waals surface area contributed by atoms with Crippen LogP contribution in [0.4, 0.5) is 0 Å². The number of carbonyl (C=O) groups is 1. The first-order valence-electron chi connectivity index (χ1n) is 7.65. The maximum absolute atomic E-state index is 11.6. The lowest BCUT2D eigenvalue weighted by Crippen LogP contribution is -2.22. The molecule has 2 rings (SSSR count). The smallest absolute Gasteiger partial charge is 0.159 e. The van der Waals surface area contributed by atoms with Crippen LogP contribution in [0.2, 0.25) is 0 Å². The zero-order chi connectivity index (χ0) is 15.9. The summed E-state index contributed by atoms with van der Waals surface area (Å²) in [5, 5.41) is 2.10. The third-order valence-electron chi connectivity index (χ3n) is 3.57. The number of ketones is 1. The van der Waals surface area contributed by atoms with E-state index in [2.05, 4.69) is 29.3 Å². The van der Waals surface area contributed by atoms with Crippen LogP contribution in [0.15, 0.2) is 35.7 Å². The van der Waals surface area contributed by atoms with Gasteiger partial charge in [-0.2, -0.15) is 0 Å². The molecule has 0 aliphatic carbocycles. The molecule has 0 saturated carbocycles. The lowest BCUT2D eigenvalue weighted by atomic mass is 10.1. The first-order valence-corrected chi connectivity index (χ1v) is 8.53. The molecule has 2 aromatic rings. The minimum Gasteiger partial charge on any atom is -0.494 e. The Kier molecular flexibility index (Phi) is 6.16. The summed E-state index contributed by atoms with van der Waals surface area (Å²) in [4.78, 5) is 15.3. The van der Waals surface area contributed by atoms with Crippen molar-refractivity contribution in [1.29, 1.82) is 0 Å². The van der Waals surface area contributed by atoms with Crippen molar-refractivity contribution in [3.8, 4) is 5.75 Å². The van der Waals surface area contributed by atoms with E-state index in [9.17, 15) is 4.79 Å². The molecule has 0 bridgehead atoms. The second-order valence-corrected chi connectivity index (χ2v) is 6.23. The van der Waals surface area contributed by atoms with Crippen LogP contribution in [0.5, 0.6) is 5.75 Å². The summed E-state index contributed by atoms with van der Waals surface area (Å²) < 4.78 is 5.72. The Balaban J connectivity index is 2.20. The summed E-state index contributed by atoms with van der Waals surface area (Å²) in [6.45, 7) is 9.02. The molecule has 0 spiro atoms. The van der Waals surface area contributed by atoms with E-state index in [1.165, 1.54) is 4.88 Å². The number of rotatable bonds is 8. The first-order chi connectivity index (χ1) is 10.6. The number of hydrogen-bond acceptors (Lipinski definition) is 4. The van der Waals surface area contributed by atoms with Gasteiger partial charge in [-0.15, -0.1) is 11.3 Å². The third kappa shape index (κ3) is 4.42. The highest BCUT2D eigenvalue weighted by Crippen LogP contribution is 2.24. The molecule has 0 radical (unpaired) electrons. The molecule has 0 unspecified atom stereocenters. The molecule has 3 nitrogen and oxygen atoms in total. The van der Waals surface area contributed by atoms with Gasteiger partial charge in [-0.1, -0.05) is 13.0 Å². The number of carbonyl (C=O) groups excluding carboxylic acids is 1. The SMILES string of the molecule is CCOc1ccc(C(C)=O)cc1CN(CC)Cc1cccs1. The number of benzene rings is 1. The second kappa shape index (κ2) is 8.11. The van der Waals surface area contributed by atoms with Gasteiger partial charge in [0.15, 0.2) is 5.78 Å². The molecule has 0 N–H and O–H groups in total. The zero-order valence-corrected chi connectivity index (χ0v) is 14.3. The number of Topliss-reactive ketones (excluding diaryl/α,β-unsaturated/α-hetero) is 1. The molecule has 0 aliphatic rings. The highest BCUT2D eigenvalue weighted by atomic mass is 32.1. The summed E-state index contributed by atoms with van der Waals surface area (Å²) >= 11 is 1.77. The van der Waals surface area contributed by atoms with Crippen LogP contribution in [0.25, 0.3) is 0 Å². The topological polar surface area (TPSA) is 29.5 Å². The van der Waals surface area contributed by atoms with E-state index in [1.54, 1.807) is 18.3 Å². The van der Waals surface area contributed by atoms with Gasteiger partial charge in [0, 0.05) is 29.1 Å². The van der Waals surface area contributed by atoms with Gasteiger partial charge in [0.2, 0.25) is 0 Å². The van der Waals surface area contributed by atoms with Crippen molar-refractivity contribution in [1.82, 2.24) is 4.90 Å². The van der Waals surface area contributed by atoms with Crippen LogP contribution in [0.1, 0.15) is 41.6 Å². The molecule has 118 valence electrons. The average molecular weight is 317 g/mol. The minimum absolute atomic E-state index is 0.0885. The predicted octanol–water partition coefficient (Wildman–Crippen LogP) is 4.37. The Morgan fingerprint density at radius 2 is 2.05 bits per heavy atom. The van der Waals surface area contributed by atoms with Gasteiger partial charge < -0.3 is 4.74 Å². The second-order valence-electron chi connectivity index (χ2n) is 5.19. The summed E-state index contributed by atoms with van der Waals surface area (Å²) in [7, 11) is 0. The third-order valence-corrected chi connectivity index (χ3v) is 4.43. The largest absolute Gasteiger partial charge is 0.494 e. The van der Waals surface area contributed by atoms with Crippen LogP contribution in [-0.2, 0) is 13.1 Å². The van der Waals surface area contributed by atoms with Crippen molar-refractivity contribution < 1.29 is 9.53 Å². The van der Waals surface area contributed by atoms with Crippen LogP contribution in [0.3, 0.4) is 0 Å². The maximum Gasteiger partial charge on any atom is 0.159 e. The van der Waals surface area contributed by atoms with E-state index in [0.29, 0.717) is 6.61 Å². The van der Waals surface area contributed by atoms with E-state index < -0.39 is 0 Å². The van der Waals surface area contributed by atoms with Crippen LogP contribution in [-0.4, -0.2) is 23.8 Å². The van der Waals surface area contributed by atoms with Crippen LogP contribution < -0.4 is 4.74 Å². The van der Waals surface area contributed by atoms with Crippen molar-refractivity contribution in [3.05, 3.63) is 51.7 Å². The fourth-order valence-corrected chi connectivity index (χ4v) is 3.11. The van der Waals surface area contributed by atoms with E-state index in [1.807, 2.05) is 25.1 Å². The molecule has 0 amide bonds. The standard InChI is InChI=1S/C18H23NO2S/c1-4-19(13-17-7-6-10-22-17)12-16-11-15(14(3)20)8-9-18(16)21-5-2/h6-11H,4-5,12-13H2,1-3H3. The molecule has 0 fully saturated rings. The van der Waals surface area contributed by atoms with Gasteiger partial charge >= 0.3 is 0 Å². The molecule has 1 heterocycles. The molecule has 1 aromatic carbocycles. The van der Waals surface area contributed by atoms with Gasteiger partial charge in [0.05, 0.1) is 6.61 Å². The molecule has 0 saturated heterocycles. The van der Waals surface area contributed by atoms with Gasteiger partial charge in [-0.3, -0.25) is 9.69 Å². The quantitative estimate of drug-likeness (QED) is 0.677. The van der Waals surface area contributed by atoms with Crippen LogP contribution in [0, 0.1) is 0 Å². The Labute approximate surface area is 136 Å². The monoisotopic (exact) mass is 317 g/mol. The minimum atomic E-state index is 0.0885.